The van der Waals surface area contributed by atoms with Crippen LogP contribution in [0.4, 0.5) is 8.78 Å². The zero-order valence-electron chi connectivity index (χ0n) is 6.77. The highest BCUT2D eigenvalue weighted by Crippen LogP contribution is 2.02. The molecule has 0 aromatic heterocycles. The normalized spacial score (nSPS) is 8.36. The summed E-state index contributed by atoms with van der Waals surface area (Å²) in [7, 11) is 0.500. The zero-order chi connectivity index (χ0) is 8.69. The molecular formula is C9H12F2. The maximum absolute atomic E-state index is 12.4. The summed E-state index contributed by atoms with van der Waals surface area (Å²) in [4.78, 5) is 0. The maximum Gasteiger partial charge on any atom is 0.123 e. The topological polar surface area (TPSA) is 0 Å². The summed E-state index contributed by atoms with van der Waals surface area (Å²) in [6.07, 6.45) is 0.901. The van der Waals surface area contributed by atoms with E-state index in [1.54, 1.807) is 12.1 Å². The molecule has 2 heteroatoms. The van der Waals surface area contributed by atoms with Crippen LogP contribution in [0.2, 0.25) is 0 Å². The number of benzene rings is 1. The van der Waals surface area contributed by atoms with Crippen molar-refractivity contribution in [3.8, 4) is 0 Å². The third kappa shape index (κ3) is 3.71. The Balaban J connectivity index is 0.000000461. The van der Waals surface area contributed by atoms with Crippen LogP contribution in [0.1, 0.15) is 12.5 Å². The quantitative estimate of drug-likeness (QED) is 0.589. The van der Waals surface area contributed by atoms with Crippen molar-refractivity contribution in [3.05, 3.63) is 35.6 Å². The van der Waals surface area contributed by atoms with Gasteiger partial charge in [0, 0.05) is 0 Å². The van der Waals surface area contributed by atoms with Gasteiger partial charge in [-0.2, -0.15) is 0 Å². The first-order valence-electron chi connectivity index (χ1n) is 3.45. The zero-order valence-corrected chi connectivity index (χ0v) is 6.77. The average Bonchev–Trinajstić information content (AvgIpc) is 2.08. The highest BCUT2D eigenvalue weighted by atomic mass is 19.1. The molecule has 0 atom stereocenters. The molecule has 11 heavy (non-hydrogen) atoms. The molecule has 0 unspecified atom stereocenters. The summed E-state index contributed by atoms with van der Waals surface area (Å²) >= 11 is 0. The van der Waals surface area contributed by atoms with Crippen molar-refractivity contribution >= 4 is 0 Å². The van der Waals surface area contributed by atoms with Crippen molar-refractivity contribution < 1.29 is 8.78 Å². The van der Waals surface area contributed by atoms with Gasteiger partial charge in [0.15, 0.2) is 0 Å². The van der Waals surface area contributed by atoms with Gasteiger partial charge in [0.1, 0.15) is 5.82 Å². The Kier molecular flexibility index (Phi) is 5.35. The van der Waals surface area contributed by atoms with E-state index in [1.807, 2.05) is 13.0 Å². The number of aryl methyl sites for hydroxylation is 1. The second-order valence-electron chi connectivity index (χ2n) is 1.98. The fraction of sp³-hybridized carbons (Fsp3) is 0.333. The van der Waals surface area contributed by atoms with E-state index in [-0.39, 0.29) is 5.82 Å². The van der Waals surface area contributed by atoms with Crippen LogP contribution in [0.15, 0.2) is 24.3 Å². The van der Waals surface area contributed by atoms with Crippen LogP contribution in [-0.2, 0) is 6.42 Å². The largest absolute Gasteiger partial charge is 0.255 e. The fourth-order valence-corrected chi connectivity index (χ4v) is 0.757. The molecule has 1 aromatic carbocycles. The lowest BCUT2D eigenvalue weighted by Gasteiger charge is -1.92. The lowest BCUT2D eigenvalue weighted by molar-refractivity contribution is 0.625. The van der Waals surface area contributed by atoms with Crippen LogP contribution < -0.4 is 0 Å². The van der Waals surface area contributed by atoms with E-state index >= 15 is 0 Å². The van der Waals surface area contributed by atoms with E-state index in [0.29, 0.717) is 7.18 Å². The Hall–Kier alpha value is -0.920. The van der Waals surface area contributed by atoms with Gasteiger partial charge < -0.3 is 0 Å². The third-order valence-electron chi connectivity index (χ3n) is 1.30. The summed E-state index contributed by atoms with van der Waals surface area (Å²) in [6, 6.07) is 6.66. The maximum atomic E-state index is 12.4. The fourth-order valence-electron chi connectivity index (χ4n) is 0.757. The highest BCUT2D eigenvalue weighted by Gasteiger charge is 1.88. The lowest BCUT2D eigenvalue weighted by Crippen LogP contribution is -1.79. The molecule has 0 aliphatic heterocycles. The molecule has 1 rings (SSSR count). The molecule has 0 N–H and O–H groups in total. The molecule has 0 saturated heterocycles. The van der Waals surface area contributed by atoms with E-state index in [1.165, 1.54) is 6.07 Å². The predicted octanol–water partition coefficient (Wildman–Crippen LogP) is 2.97. The van der Waals surface area contributed by atoms with Gasteiger partial charge in [-0.25, -0.2) is 4.39 Å². The number of hydrogen-bond donors (Lipinski definition) is 0. The summed E-state index contributed by atoms with van der Waals surface area (Å²) in [5.41, 5.74) is 1.05. The van der Waals surface area contributed by atoms with Crippen molar-refractivity contribution in [2.45, 2.75) is 13.3 Å². The van der Waals surface area contributed by atoms with Crippen LogP contribution in [0.25, 0.3) is 0 Å². The number of alkyl halides is 1. The second-order valence-corrected chi connectivity index (χ2v) is 1.98. The van der Waals surface area contributed by atoms with Gasteiger partial charge in [-0.15, -0.1) is 0 Å². The number of rotatable bonds is 1. The lowest BCUT2D eigenvalue weighted by atomic mass is 10.2. The molecule has 62 valence electrons. The second kappa shape index (κ2) is 5.83. The van der Waals surface area contributed by atoms with E-state index in [4.69, 9.17) is 0 Å². The number of hydrogen-bond acceptors (Lipinski definition) is 0. The van der Waals surface area contributed by atoms with Crippen molar-refractivity contribution in [2.24, 2.45) is 0 Å². The van der Waals surface area contributed by atoms with Gasteiger partial charge >= 0.3 is 0 Å². The Bertz CT molecular complexity index is 197. The van der Waals surface area contributed by atoms with Crippen molar-refractivity contribution in [1.29, 1.82) is 0 Å². The molecule has 0 bridgehead atoms. The van der Waals surface area contributed by atoms with Crippen molar-refractivity contribution in [1.82, 2.24) is 0 Å². The highest BCUT2D eigenvalue weighted by molar-refractivity contribution is 5.15. The van der Waals surface area contributed by atoms with Crippen LogP contribution in [0.5, 0.6) is 0 Å². The summed E-state index contributed by atoms with van der Waals surface area (Å²) < 4.78 is 21.9. The van der Waals surface area contributed by atoms with E-state index in [0.717, 1.165) is 12.0 Å². The first-order chi connectivity index (χ1) is 5.33. The van der Waals surface area contributed by atoms with Crippen molar-refractivity contribution in [2.75, 3.05) is 7.18 Å². The van der Waals surface area contributed by atoms with Crippen LogP contribution in [-0.4, -0.2) is 7.18 Å². The van der Waals surface area contributed by atoms with Gasteiger partial charge in [-0.1, -0.05) is 19.1 Å². The summed E-state index contributed by atoms with van der Waals surface area (Å²) in [5, 5.41) is 0. The molecule has 0 spiro atoms. The smallest absolute Gasteiger partial charge is 0.123 e. The van der Waals surface area contributed by atoms with Gasteiger partial charge in [0.25, 0.3) is 0 Å². The van der Waals surface area contributed by atoms with E-state index in [9.17, 15) is 8.78 Å². The molecule has 0 aliphatic rings. The Morgan fingerprint density at radius 1 is 1.27 bits per heavy atom. The monoisotopic (exact) mass is 158 g/mol. The van der Waals surface area contributed by atoms with E-state index in [2.05, 4.69) is 0 Å². The van der Waals surface area contributed by atoms with E-state index < -0.39 is 0 Å². The molecule has 0 aliphatic carbocycles. The van der Waals surface area contributed by atoms with Crippen LogP contribution in [0, 0.1) is 5.82 Å². The Labute approximate surface area is 65.9 Å². The molecule has 0 fully saturated rings. The van der Waals surface area contributed by atoms with Gasteiger partial charge in [0.2, 0.25) is 0 Å². The molecule has 0 nitrogen and oxygen atoms in total. The minimum absolute atomic E-state index is 0.144. The van der Waals surface area contributed by atoms with Crippen molar-refractivity contribution in [3.63, 3.8) is 0 Å². The minimum Gasteiger partial charge on any atom is -0.255 e. The van der Waals surface area contributed by atoms with Gasteiger partial charge in [-0.3, -0.25) is 4.39 Å². The standard InChI is InChI=1S/C8H9F.CH3F/c1-2-7-4-3-5-8(9)6-7;1-2/h3-6H,2H2,1H3;1H3. The molecule has 1 aromatic rings. The molecular weight excluding hydrogens is 146 g/mol. The Morgan fingerprint density at radius 3 is 2.27 bits per heavy atom. The Morgan fingerprint density at radius 2 is 1.91 bits per heavy atom. The average molecular weight is 158 g/mol. The SMILES string of the molecule is CCc1cccc(F)c1.CF. The molecule has 0 radical (unpaired) electrons. The first kappa shape index (κ1) is 10.1. The summed E-state index contributed by atoms with van der Waals surface area (Å²) in [6.45, 7) is 2.01. The third-order valence-corrected chi connectivity index (χ3v) is 1.30. The van der Waals surface area contributed by atoms with Crippen LogP contribution in [0.3, 0.4) is 0 Å². The molecule has 0 saturated carbocycles. The van der Waals surface area contributed by atoms with Gasteiger partial charge in [0.05, 0.1) is 7.18 Å². The summed E-state index contributed by atoms with van der Waals surface area (Å²) in [5.74, 6) is -0.144. The minimum atomic E-state index is -0.144. The molecule has 0 heterocycles. The molecule has 0 amide bonds. The van der Waals surface area contributed by atoms with Crippen LogP contribution >= 0.6 is 0 Å². The van der Waals surface area contributed by atoms with Gasteiger partial charge in [-0.05, 0) is 24.1 Å². The number of halogens is 2. The predicted molar refractivity (Wildman–Crippen MR) is 42.8 cm³/mol. The first-order valence-corrected chi connectivity index (χ1v) is 3.45.